The van der Waals surface area contributed by atoms with Crippen molar-refractivity contribution in [3.63, 3.8) is 0 Å². The molecule has 2 rings (SSSR count). The smallest absolute Gasteiger partial charge is 0.115 e. The van der Waals surface area contributed by atoms with Crippen LogP contribution >= 0.6 is 0 Å². The highest BCUT2D eigenvalue weighted by molar-refractivity contribution is 5.11. The van der Waals surface area contributed by atoms with Crippen LogP contribution in [0, 0.1) is 5.92 Å². The van der Waals surface area contributed by atoms with Crippen molar-refractivity contribution in [1.29, 1.82) is 0 Å². The van der Waals surface area contributed by atoms with E-state index in [-0.39, 0.29) is 0 Å². The van der Waals surface area contributed by atoms with Gasteiger partial charge in [0.2, 0.25) is 0 Å². The lowest BCUT2D eigenvalue weighted by atomic mass is 9.77. The number of hydrogen-bond acceptors (Lipinski definition) is 3. The normalized spacial score (nSPS) is 18.5. The average molecular weight is 205 g/mol. The summed E-state index contributed by atoms with van der Waals surface area (Å²) in [5.74, 6) is 0.794. The number of rotatable bonds is 5. The van der Waals surface area contributed by atoms with Crippen LogP contribution in [0.5, 0.6) is 0 Å². The minimum absolute atomic E-state index is 0.472. The Morgan fingerprint density at radius 2 is 2.13 bits per heavy atom. The van der Waals surface area contributed by atoms with Gasteiger partial charge in [0.05, 0.1) is 0 Å². The summed E-state index contributed by atoms with van der Waals surface area (Å²) < 4.78 is 0. The second-order valence-corrected chi connectivity index (χ2v) is 4.29. The fraction of sp³-hybridized carbons (Fsp3) is 0.667. The number of nitrogens with zero attached hydrogens (tertiary/aromatic N) is 2. The van der Waals surface area contributed by atoms with Gasteiger partial charge in [-0.2, -0.15) is 0 Å². The molecular formula is C12H19N3. The Balaban J connectivity index is 2.04. The molecule has 1 N–H and O–H groups in total. The quantitative estimate of drug-likeness (QED) is 0.801. The molecule has 3 nitrogen and oxygen atoms in total. The van der Waals surface area contributed by atoms with Crippen LogP contribution in [-0.4, -0.2) is 16.5 Å². The van der Waals surface area contributed by atoms with Gasteiger partial charge in [0.25, 0.3) is 0 Å². The highest BCUT2D eigenvalue weighted by atomic mass is 14.9. The van der Waals surface area contributed by atoms with Gasteiger partial charge >= 0.3 is 0 Å². The van der Waals surface area contributed by atoms with Gasteiger partial charge in [-0.15, -0.1) is 0 Å². The van der Waals surface area contributed by atoms with Crippen molar-refractivity contribution in [3.05, 3.63) is 24.3 Å². The number of aromatic nitrogens is 2. The zero-order valence-corrected chi connectivity index (χ0v) is 9.32. The molecule has 1 fully saturated rings. The molecule has 0 bridgehead atoms. The van der Waals surface area contributed by atoms with Crippen molar-refractivity contribution in [1.82, 2.24) is 15.3 Å². The molecule has 1 saturated carbocycles. The number of hydrogen-bond donors (Lipinski definition) is 1. The molecule has 1 atom stereocenters. The van der Waals surface area contributed by atoms with Gasteiger partial charge < -0.3 is 5.32 Å². The predicted octanol–water partition coefficient (Wildman–Crippen LogP) is 2.32. The van der Waals surface area contributed by atoms with E-state index in [1.807, 2.05) is 12.4 Å². The summed E-state index contributed by atoms with van der Waals surface area (Å²) in [6.07, 6.45) is 10.7. The number of nitrogens with one attached hydrogen (secondary N) is 1. The summed E-state index contributed by atoms with van der Waals surface area (Å²) in [6, 6.07) is 0.472. The van der Waals surface area contributed by atoms with Gasteiger partial charge in [-0.05, 0) is 31.7 Å². The largest absolute Gasteiger partial charge is 0.310 e. The molecule has 0 aliphatic heterocycles. The molecule has 1 aliphatic carbocycles. The van der Waals surface area contributed by atoms with E-state index < -0.39 is 0 Å². The van der Waals surface area contributed by atoms with Gasteiger partial charge in [-0.25, -0.2) is 9.97 Å². The molecular weight excluding hydrogens is 186 g/mol. The monoisotopic (exact) mass is 205 g/mol. The highest BCUT2D eigenvalue weighted by Crippen LogP contribution is 2.37. The summed E-state index contributed by atoms with van der Waals surface area (Å²) in [7, 11) is 0. The van der Waals surface area contributed by atoms with Crippen LogP contribution in [0.3, 0.4) is 0 Å². The Morgan fingerprint density at radius 3 is 2.67 bits per heavy atom. The lowest BCUT2D eigenvalue weighted by molar-refractivity contribution is 0.230. The van der Waals surface area contributed by atoms with Crippen molar-refractivity contribution in [2.75, 3.05) is 6.54 Å². The summed E-state index contributed by atoms with van der Waals surface area (Å²) in [4.78, 5) is 8.21. The molecule has 0 radical (unpaired) electrons. The Labute approximate surface area is 91.3 Å². The van der Waals surface area contributed by atoms with Crippen LogP contribution in [0.15, 0.2) is 18.7 Å². The van der Waals surface area contributed by atoms with Crippen LogP contribution in [0.2, 0.25) is 0 Å². The van der Waals surface area contributed by atoms with Crippen molar-refractivity contribution >= 4 is 0 Å². The van der Waals surface area contributed by atoms with Crippen molar-refractivity contribution < 1.29 is 0 Å². The maximum absolute atomic E-state index is 4.10. The highest BCUT2D eigenvalue weighted by Gasteiger charge is 2.28. The Hall–Kier alpha value is -0.960. The Morgan fingerprint density at radius 1 is 1.40 bits per heavy atom. The first-order chi connectivity index (χ1) is 7.42. The van der Waals surface area contributed by atoms with Crippen molar-refractivity contribution in [3.8, 4) is 0 Å². The van der Waals surface area contributed by atoms with E-state index in [1.54, 1.807) is 6.33 Å². The molecule has 1 heterocycles. The van der Waals surface area contributed by atoms with Gasteiger partial charge in [0.15, 0.2) is 0 Å². The molecule has 1 aromatic heterocycles. The molecule has 0 saturated heterocycles. The first-order valence-electron chi connectivity index (χ1n) is 5.90. The fourth-order valence-electron chi connectivity index (χ4n) is 2.10. The summed E-state index contributed by atoms with van der Waals surface area (Å²) in [5.41, 5.74) is 1.25. The summed E-state index contributed by atoms with van der Waals surface area (Å²) >= 11 is 0. The van der Waals surface area contributed by atoms with Crippen LogP contribution < -0.4 is 5.32 Å². The maximum Gasteiger partial charge on any atom is 0.115 e. The second-order valence-electron chi connectivity index (χ2n) is 4.29. The standard InChI is InChI=1S/C12H19N3/c1-2-6-15-12(10-4-3-5-10)11-7-13-9-14-8-11/h7-10,12,15H,2-6H2,1H3. The zero-order chi connectivity index (χ0) is 10.5. The van der Waals surface area contributed by atoms with Crippen molar-refractivity contribution in [2.45, 2.75) is 38.6 Å². The van der Waals surface area contributed by atoms with E-state index in [0.29, 0.717) is 6.04 Å². The first kappa shape index (κ1) is 10.6. The molecule has 1 aromatic rings. The molecule has 0 amide bonds. The van der Waals surface area contributed by atoms with Gasteiger partial charge in [-0.1, -0.05) is 13.3 Å². The van der Waals surface area contributed by atoms with Crippen LogP contribution in [0.4, 0.5) is 0 Å². The fourth-order valence-corrected chi connectivity index (χ4v) is 2.10. The van der Waals surface area contributed by atoms with E-state index in [9.17, 15) is 0 Å². The van der Waals surface area contributed by atoms with Crippen LogP contribution in [0.25, 0.3) is 0 Å². The van der Waals surface area contributed by atoms with E-state index >= 15 is 0 Å². The third-order valence-electron chi connectivity index (χ3n) is 3.18. The minimum Gasteiger partial charge on any atom is -0.310 e. The molecule has 0 spiro atoms. The van der Waals surface area contributed by atoms with Gasteiger partial charge in [0.1, 0.15) is 6.33 Å². The summed E-state index contributed by atoms with van der Waals surface area (Å²) in [5, 5.41) is 3.61. The third kappa shape index (κ3) is 2.53. The summed E-state index contributed by atoms with van der Waals surface area (Å²) in [6.45, 7) is 3.28. The molecule has 15 heavy (non-hydrogen) atoms. The Kier molecular flexibility index (Phi) is 3.67. The predicted molar refractivity (Wildman–Crippen MR) is 60.4 cm³/mol. The lowest BCUT2D eigenvalue weighted by Gasteiger charge is -2.34. The topological polar surface area (TPSA) is 37.8 Å². The zero-order valence-electron chi connectivity index (χ0n) is 9.32. The SMILES string of the molecule is CCCNC(c1cncnc1)C1CCC1. The Bertz CT molecular complexity index is 282. The van der Waals surface area contributed by atoms with E-state index in [4.69, 9.17) is 0 Å². The maximum atomic E-state index is 4.10. The van der Waals surface area contributed by atoms with Gasteiger partial charge in [-0.3, -0.25) is 0 Å². The molecule has 0 aromatic carbocycles. The molecule has 82 valence electrons. The van der Waals surface area contributed by atoms with E-state index in [0.717, 1.165) is 12.5 Å². The van der Waals surface area contributed by atoms with E-state index in [2.05, 4.69) is 22.2 Å². The second kappa shape index (κ2) is 5.21. The van der Waals surface area contributed by atoms with Crippen molar-refractivity contribution in [2.24, 2.45) is 5.92 Å². The van der Waals surface area contributed by atoms with Crippen LogP contribution in [0.1, 0.15) is 44.2 Å². The van der Waals surface area contributed by atoms with Crippen LogP contribution in [-0.2, 0) is 0 Å². The first-order valence-corrected chi connectivity index (χ1v) is 5.90. The van der Waals surface area contributed by atoms with E-state index in [1.165, 1.54) is 31.2 Å². The average Bonchev–Trinajstić information content (AvgIpc) is 2.22. The van der Waals surface area contributed by atoms with Gasteiger partial charge in [0, 0.05) is 24.0 Å². The third-order valence-corrected chi connectivity index (χ3v) is 3.18. The lowest BCUT2D eigenvalue weighted by Crippen LogP contribution is -2.32. The molecule has 1 unspecified atom stereocenters. The minimum atomic E-state index is 0.472. The molecule has 3 heteroatoms. The molecule has 1 aliphatic rings.